The van der Waals surface area contributed by atoms with Crippen molar-refractivity contribution in [2.75, 3.05) is 6.54 Å². The third kappa shape index (κ3) is 0.662. The van der Waals surface area contributed by atoms with Crippen LogP contribution in [0.2, 0.25) is 0 Å². The van der Waals surface area contributed by atoms with Crippen molar-refractivity contribution in [3.8, 4) is 0 Å². The summed E-state index contributed by atoms with van der Waals surface area (Å²) >= 11 is 0. The van der Waals surface area contributed by atoms with Gasteiger partial charge >= 0.3 is 13.6 Å². The highest BCUT2D eigenvalue weighted by Crippen LogP contribution is 2.21. The van der Waals surface area contributed by atoms with Crippen molar-refractivity contribution in [2.45, 2.75) is 18.9 Å². The van der Waals surface area contributed by atoms with Gasteiger partial charge in [0.15, 0.2) is 0 Å². The number of carbonyl (C=O) groups is 1. The number of rotatable bonds is 0. The summed E-state index contributed by atoms with van der Waals surface area (Å²) in [6, 6.07) is 0.0602. The predicted octanol–water partition coefficient (Wildman–Crippen LogP) is -0.458. The molecule has 1 radical (unpaired) electrons. The Labute approximate surface area is 54.3 Å². The molecule has 2 rings (SSSR count). The van der Waals surface area contributed by atoms with Crippen molar-refractivity contribution < 1.29 is 9.45 Å². The van der Waals surface area contributed by atoms with E-state index in [1.54, 1.807) is 7.62 Å². The minimum absolute atomic E-state index is 0.0602. The van der Waals surface area contributed by atoms with Gasteiger partial charge in [-0.15, -0.1) is 0 Å². The van der Waals surface area contributed by atoms with E-state index in [2.05, 4.69) is 4.65 Å². The lowest BCUT2D eigenvalue weighted by Crippen LogP contribution is -2.27. The summed E-state index contributed by atoms with van der Waals surface area (Å²) in [6.07, 6.45) is 2.09. The van der Waals surface area contributed by atoms with Crippen LogP contribution in [0.4, 0.5) is 0 Å². The lowest BCUT2D eigenvalue weighted by Gasteiger charge is -2.04. The molecule has 0 aromatic carbocycles. The Hall–Kier alpha value is -0.505. The molecule has 0 aromatic rings. The van der Waals surface area contributed by atoms with Crippen molar-refractivity contribution >= 4 is 13.6 Å². The Morgan fingerprint density at radius 2 is 2.67 bits per heavy atom. The first kappa shape index (κ1) is 5.29. The van der Waals surface area contributed by atoms with E-state index in [-0.39, 0.29) is 12.0 Å². The number of hydrogen-bond acceptors (Lipinski definition) is 3. The molecule has 0 aliphatic carbocycles. The Morgan fingerprint density at radius 3 is 3.44 bits per heavy atom. The Kier molecular flexibility index (Phi) is 1.02. The molecule has 0 N–H and O–H groups in total. The predicted molar refractivity (Wildman–Crippen MR) is 31.6 cm³/mol. The van der Waals surface area contributed by atoms with Crippen LogP contribution in [0.25, 0.3) is 0 Å². The van der Waals surface area contributed by atoms with Gasteiger partial charge in [0.05, 0.1) is 6.04 Å². The first-order chi connectivity index (χ1) is 4.38. The van der Waals surface area contributed by atoms with E-state index >= 15 is 0 Å². The third-order valence-corrected chi connectivity index (χ3v) is 1.87. The summed E-state index contributed by atoms with van der Waals surface area (Å²) in [5, 5.41) is 0. The zero-order chi connectivity index (χ0) is 6.27. The van der Waals surface area contributed by atoms with Crippen LogP contribution in [0.3, 0.4) is 0 Å². The van der Waals surface area contributed by atoms with Gasteiger partial charge < -0.3 is 4.65 Å². The van der Waals surface area contributed by atoms with Crippen LogP contribution in [0, 0.1) is 0 Å². The van der Waals surface area contributed by atoms with Gasteiger partial charge in [-0.2, -0.15) is 0 Å². The minimum atomic E-state index is -0.0764. The van der Waals surface area contributed by atoms with Crippen molar-refractivity contribution in [1.82, 2.24) is 4.81 Å². The number of carbonyl (C=O) groups excluding carboxylic acids is 1. The molecule has 0 aromatic heterocycles. The molecule has 9 heavy (non-hydrogen) atoms. The molecule has 47 valence electrons. The smallest absolute Gasteiger partial charge is 0.483 e. The van der Waals surface area contributed by atoms with Gasteiger partial charge in [-0.1, -0.05) is 0 Å². The fraction of sp³-hybridized carbons (Fsp3) is 0.800. The second-order valence-corrected chi connectivity index (χ2v) is 2.44. The molecule has 2 aliphatic heterocycles. The molecule has 2 fully saturated rings. The van der Waals surface area contributed by atoms with Gasteiger partial charge in [0.2, 0.25) is 0 Å². The molecule has 2 aliphatic rings. The maximum absolute atomic E-state index is 10.8. The van der Waals surface area contributed by atoms with E-state index in [1.165, 1.54) is 0 Å². The van der Waals surface area contributed by atoms with Crippen LogP contribution in [-0.4, -0.2) is 31.0 Å². The van der Waals surface area contributed by atoms with Crippen molar-refractivity contribution in [3.63, 3.8) is 0 Å². The number of hydrogen-bond donors (Lipinski definition) is 0. The molecule has 2 heterocycles. The average molecular weight is 124 g/mol. The Morgan fingerprint density at radius 1 is 1.78 bits per heavy atom. The van der Waals surface area contributed by atoms with E-state index in [0.717, 1.165) is 19.4 Å². The molecule has 0 saturated carbocycles. The summed E-state index contributed by atoms with van der Waals surface area (Å²) < 4.78 is 4.68. The maximum Gasteiger partial charge on any atom is 0.483 e. The molecular formula is C5H7BNO2. The van der Waals surface area contributed by atoms with Gasteiger partial charge in [0.25, 0.3) is 0 Å². The Bertz CT molecular complexity index is 150. The molecule has 0 amide bonds. The van der Waals surface area contributed by atoms with E-state index in [1.807, 2.05) is 4.81 Å². The highest BCUT2D eigenvalue weighted by molar-refractivity contribution is 6.31. The molecule has 1 atom stereocenters. The highest BCUT2D eigenvalue weighted by atomic mass is 16.5. The second kappa shape index (κ2) is 1.74. The van der Waals surface area contributed by atoms with Gasteiger partial charge in [-0.05, 0) is 19.4 Å². The lowest BCUT2D eigenvalue weighted by molar-refractivity contribution is -0.134. The van der Waals surface area contributed by atoms with Crippen LogP contribution < -0.4 is 0 Å². The van der Waals surface area contributed by atoms with Crippen LogP contribution in [0.5, 0.6) is 0 Å². The molecule has 0 bridgehead atoms. The Balaban J connectivity index is 2.15. The molecule has 0 unspecified atom stereocenters. The van der Waals surface area contributed by atoms with Crippen LogP contribution >= 0.6 is 0 Å². The molecule has 0 spiro atoms. The van der Waals surface area contributed by atoms with Gasteiger partial charge in [0, 0.05) is 0 Å². The third-order valence-electron chi connectivity index (χ3n) is 1.87. The van der Waals surface area contributed by atoms with Crippen molar-refractivity contribution in [1.29, 1.82) is 0 Å². The normalized spacial score (nSPS) is 33.8. The highest BCUT2D eigenvalue weighted by Gasteiger charge is 2.39. The lowest BCUT2D eigenvalue weighted by atomic mass is 10.2. The van der Waals surface area contributed by atoms with Crippen LogP contribution in [0.15, 0.2) is 0 Å². The van der Waals surface area contributed by atoms with Gasteiger partial charge in [-0.25, -0.2) is 0 Å². The van der Waals surface area contributed by atoms with Crippen LogP contribution in [0.1, 0.15) is 12.8 Å². The summed E-state index contributed by atoms with van der Waals surface area (Å²) in [4.78, 5) is 12.7. The van der Waals surface area contributed by atoms with Crippen molar-refractivity contribution in [3.05, 3.63) is 0 Å². The van der Waals surface area contributed by atoms with E-state index in [4.69, 9.17) is 0 Å². The summed E-state index contributed by atoms with van der Waals surface area (Å²) in [7, 11) is 1.54. The van der Waals surface area contributed by atoms with E-state index in [9.17, 15) is 4.79 Å². The van der Waals surface area contributed by atoms with Crippen LogP contribution in [-0.2, 0) is 9.45 Å². The fourth-order valence-electron chi connectivity index (χ4n) is 1.37. The summed E-state index contributed by atoms with van der Waals surface area (Å²) in [5.41, 5.74) is 0. The van der Waals surface area contributed by atoms with E-state index < -0.39 is 0 Å². The molecule has 4 heteroatoms. The van der Waals surface area contributed by atoms with Gasteiger partial charge in [-0.3, -0.25) is 9.61 Å². The standard InChI is InChI=1S/C5H7BNO2/c8-5-4-2-1-3-7(4)6-9-5/h4H,1-3H2/t4-/m0/s1. The topological polar surface area (TPSA) is 29.5 Å². The number of nitrogens with zero attached hydrogens (tertiary/aromatic N) is 1. The summed E-state index contributed by atoms with van der Waals surface area (Å²) in [5.74, 6) is -0.0764. The largest absolute Gasteiger partial charge is 0.520 e. The molecular weight excluding hydrogens is 117 g/mol. The second-order valence-electron chi connectivity index (χ2n) is 2.44. The summed E-state index contributed by atoms with van der Waals surface area (Å²) in [6.45, 7) is 0.983. The van der Waals surface area contributed by atoms with E-state index in [0.29, 0.717) is 0 Å². The average Bonchev–Trinajstić information content (AvgIpc) is 2.35. The maximum atomic E-state index is 10.8. The van der Waals surface area contributed by atoms with Gasteiger partial charge in [0.1, 0.15) is 0 Å². The SMILES string of the molecule is O=C1O[B]N2CCC[C@@H]12. The zero-order valence-electron chi connectivity index (χ0n) is 5.04. The minimum Gasteiger partial charge on any atom is -0.520 e. The first-order valence-corrected chi connectivity index (χ1v) is 3.17. The molecule has 3 nitrogen and oxygen atoms in total. The quantitative estimate of drug-likeness (QED) is 0.409. The van der Waals surface area contributed by atoms with Crippen molar-refractivity contribution in [2.24, 2.45) is 0 Å². The number of fused-ring (bicyclic) bond motifs is 1. The monoisotopic (exact) mass is 124 g/mol. The fourth-order valence-corrected chi connectivity index (χ4v) is 1.37. The molecule has 2 saturated heterocycles. The zero-order valence-corrected chi connectivity index (χ0v) is 5.04. The first-order valence-electron chi connectivity index (χ1n) is 3.17.